The molecular formula is C21H26BrNO3. The lowest BCUT2D eigenvalue weighted by atomic mass is 9.44. The summed E-state index contributed by atoms with van der Waals surface area (Å²) in [4.78, 5) is 25.1. The van der Waals surface area contributed by atoms with Crippen molar-refractivity contribution >= 4 is 27.8 Å². The van der Waals surface area contributed by atoms with Crippen molar-refractivity contribution in [3.8, 4) is 0 Å². The van der Waals surface area contributed by atoms with Crippen molar-refractivity contribution < 1.29 is 14.7 Å². The standard InChI is InChI=1S/C21H26BrNO3/c1-20-8-13-6-14(9-20)11-21(10-13,12-20)19(26)23-17(18(24)25)7-15-4-2-3-5-16(15)22/h2-5,13-14,17H,6-12H2,1H3,(H,23,26)(H,24,25). The van der Waals surface area contributed by atoms with E-state index in [2.05, 4.69) is 28.2 Å². The van der Waals surface area contributed by atoms with E-state index in [9.17, 15) is 14.7 Å². The number of benzene rings is 1. The zero-order chi connectivity index (χ0) is 18.5. The third-order valence-electron chi connectivity index (χ3n) is 6.82. The highest BCUT2D eigenvalue weighted by atomic mass is 79.9. The van der Waals surface area contributed by atoms with Gasteiger partial charge in [-0.25, -0.2) is 4.79 Å². The Labute approximate surface area is 162 Å². The van der Waals surface area contributed by atoms with E-state index < -0.39 is 12.0 Å². The van der Waals surface area contributed by atoms with Gasteiger partial charge in [-0.2, -0.15) is 0 Å². The Morgan fingerprint density at radius 2 is 1.88 bits per heavy atom. The summed E-state index contributed by atoms with van der Waals surface area (Å²) in [5.74, 6) is 0.277. The molecule has 0 heterocycles. The molecule has 4 bridgehead atoms. The first-order chi connectivity index (χ1) is 12.3. The zero-order valence-corrected chi connectivity index (χ0v) is 16.7. The van der Waals surface area contributed by atoms with Gasteiger partial charge in [0.15, 0.2) is 0 Å². The van der Waals surface area contributed by atoms with Crippen LogP contribution in [0.5, 0.6) is 0 Å². The van der Waals surface area contributed by atoms with Crippen molar-refractivity contribution in [2.45, 2.75) is 57.9 Å². The van der Waals surface area contributed by atoms with Gasteiger partial charge in [-0.15, -0.1) is 0 Å². The summed E-state index contributed by atoms with van der Waals surface area (Å²) in [5.41, 5.74) is 0.820. The SMILES string of the molecule is CC12CC3CC(C1)CC(C(=O)NC(Cc1ccccc1Br)C(=O)O)(C3)C2. The van der Waals surface area contributed by atoms with Gasteiger partial charge in [0.2, 0.25) is 5.91 Å². The fourth-order valence-corrected chi connectivity index (χ4v) is 6.83. The molecule has 2 N–H and O–H groups in total. The first-order valence-corrected chi connectivity index (χ1v) is 10.4. The van der Waals surface area contributed by atoms with Crippen LogP contribution in [0.3, 0.4) is 0 Å². The molecule has 4 aliphatic carbocycles. The minimum absolute atomic E-state index is 0.0303. The number of carboxylic acid groups (broad SMARTS) is 1. The molecule has 140 valence electrons. The Morgan fingerprint density at radius 3 is 2.46 bits per heavy atom. The van der Waals surface area contributed by atoms with Crippen LogP contribution >= 0.6 is 15.9 Å². The molecule has 5 rings (SSSR count). The highest BCUT2D eigenvalue weighted by Crippen LogP contribution is 2.65. The molecule has 4 fully saturated rings. The van der Waals surface area contributed by atoms with Gasteiger partial charge in [-0.3, -0.25) is 4.79 Å². The Bertz CT molecular complexity index is 733. The lowest BCUT2D eigenvalue weighted by molar-refractivity contribution is -0.158. The van der Waals surface area contributed by atoms with E-state index in [1.165, 1.54) is 19.3 Å². The number of aliphatic carboxylic acids is 1. The fourth-order valence-electron chi connectivity index (χ4n) is 6.38. The maximum atomic E-state index is 13.2. The summed E-state index contributed by atoms with van der Waals surface area (Å²) in [6.07, 6.45) is 6.81. The first-order valence-electron chi connectivity index (χ1n) is 9.56. The maximum Gasteiger partial charge on any atom is 0.326 e. The Kier molecular flexibility index (Phi) is 4.41. The van der Waals surface area contributed by atoms with Crippen LogP contribution in [0.25, 0.3) is 0 Å². The lowest BCUT2D eigenvalue weighted by Gasteiger charge is -2.60. The number of hydrogen-bond donors (Lipinski definition) is 2. The predicted octanol–water partition coefficient (Wildman–Crippen LogP) is 4.17. The number of carbonyl (C=O) groups excluding carboxylic acids is 1. The first kappa shape index (κ1) is 18.0. The van der Waals surface area contributed by atoms with Crippen molar-refractivity contribution in [1.82, 2.24) is 5.32 Å². The summed E-state index contributed by atoms with van der Waals surface area (Å²) >= 11 is 3.47. The van der Waals surface area contributed by atoms with Gasteiger partial charge in [0.25, 0.3) is 0 Å². The van der Waals surface area contributed by atoms with E-state index in [4.69, 9.17) is 0 Å². The zero-order valence-electron chi connectivity index (χ0n) is 15.1. The number of halogens is 1. The molecule has 0 radical (unpaired) electrons. The molecule has 4 saturated carbocycles. The van der Waals surface area contributed by atoms with E-state index in [1.807, 2.05) is 24.3 Å². The fraction of sp³-hybridized carbons (Fsp3) is 0.619. The minimum Gasteiger partial charge on any atom is -0.480 e. The molecule has 3 atom stereocenters. The van der Waals surface area contributed by atoms with Crippen LogP contribution in [0.15, 0.2) is 28.7 Å². The predicted molar refractivity (Wildman–Crippen MR) is 103 cm³/mol. The number of carboxylic acids is 1. The van der Waals surface area contributed by atoms with Gasteiger partial charge in [0.05, 0.1) is 5.41 Å². The molecule has 0 aromatic heterocycles. The van der Waals surface area contributed by atoms with E-state index >= 15 is 0 Å². The van der Waals surface area contributed by atoms with Crippen molar-refractivity contribution in [3.63, 3.8) is 0 Å². The van der Waals surface area contributed by atoms with E-state index in [-0.39, 0.29) is 16.7 Å². The minimum atomic E-state index is -0.968. The second kappa shape index (κ2) is 6.36. The Morgan fingerprint density at radius 1 is 1.23 bits per heavy atom. The quantitative estimate of drug-likeness (QED) is 0.752. The number of amides is 1. The van der Waals surface area contributed by atoms with Crippen LogP contribution in [0.2, 0.25) is 0 Å². The molecule has 26 heavy (non-hydrogen) atoms. The Hall–Kier alpha value is -1.36. The van der Waals surface area contributed by atoms with E-state index in [0.717, 1.165) is 29.3 Å². The Balaban J connectivity index is 1.52. The molecule has 1 aromatic rings. The molecule has 5 heteroatoms. The van der Waals surface area contributed by atoms with Crippen LogP contribution < -0.4 is 5.32 Å². The second-order valence-corrected chi connectivity index (χ2v) is 10.1. The van der Waals surface area contributed by atoms with Crippen LogP contribution in [-0.4, -0.2) is 23.0 Å². The van der Waals surface area contributed by atoms with Crippen LogP contribution in [0.1, 0.15) is 51.0 Å². The molecule has 0 saturated heterocycles. The van der Waals surface area contributed by atoms with Crippen molar-refractivity contribution in [3.05, 3.63) is 34.3 Å². The number of hydrogen-bond acceptors (Lipinski definition) is 2. The summed E-state index contributed by atoms with van der Waals surface area (Å²) in [5, 5.41) is 12.6. The van der Waals surface area contributed by atoms with Gasteiger partial charge in [0, 0.05) is 10.9 Å². The van der Waals surface area contributed by atoms with Gasteiger partial charge in [-0.1, -0.05) is 41.1 Å². The van der Waals surface area contributed by atoms with Crippen LogP contribution in [0, 0.1) is 22.7 Å². The number of nitrogens with one attached hydrogen (secondary N) is 1. The van der Waals surface area contributed by atoms with Gasteiger partial charge in [-0.05, 0) is 67.4 Å². The van der Waals surface area contributed by atoms with E-state index in [1.54, 1.807) is 0 Å². The smallest absolute Gasteiger partial charge is 0.326 e. The molecular weight excluding hydrogens is 394 g/mol. The second-order valence-electron chi connectivity index (χ2n) is 9.21. The van der Waals surface area contributed by atoms with Crippen molar-refractivity contribution in [1.29, 1.82) is 0 Å². The van der Waals surface area contributed by atoms with Crippen LogP contribution in [-0.2, 0) is 16.0 Å². The molecule has 4 nitrogen and oxygen atoms in total. The molecule has 4 aliphatic rings. The monoisotopic (exact) mass is 419 g/mol. The van der Waals surface area contributed by atoms with Crippen molar-refractivity contribution in [2.24, 2.45) is 22.7 Å². The average molecular weight is 420 g/mol. The maximum absolute atomic E-state index is 13.2. The molecule has 1 aromatic carbocycles. The molecule has 3 unspecified atom stereocenters. The summed E-state index contributed by atoms with van der Waals surface area (Å²) < 4.78 is 0.878. The largest absolute Gasteiger partial charge is 0.480 e. The third kappa shape index (κ3) is 3.19. The van der Waals surface area contributed by atoms with E-state index in [0.29, 0.717) is 18.3 Å². The summed E-state index contributed by atoms with van der Waals surface area (Å²) in [7, 11) is 0. The highest BCUT2D eigenvalue weighted by Gasteiger charge is 2.59. The lowest BCUT2D eigenvalue weighted by Crippen LogP contribution is -2.58. The molecule has 1 amide bonds. The summed E-state index contributed by atoms with van der Waals surface area (Å²) in [6.45, 7) is 2.32. The molecule has 0 aliphatic heterocycles. The topological polar surface area (TPSA) is 66.4 Å². The normalized spacial score (nSPS) is 35.9. The average Bonchev–Trinajstić information content (AvgIpc) is 2.53. The third-order valence-corrected chi connectivity index (χ3v) is 7.59. The molecule has 0 spiro atoms. The number of carbonyl (C=O) groups is 2. The van der Waals surface area contributed by atoms with Gasteiger partial charge in [0.1, 0.15) is 6.04 Å². The summed E-state index contributed by atoms with van der Waals surface area (Å²) in [6, 6.07) is 6.70. The van der Waals surface area contributed by atoms with Crippen molar-refractivity contribution in [2.75, 3.05) is 0 Å². The van der Waals surface area contributed by atoms with Gasteiger partial charge >= 0.3 is 5.97 Å². The van der Waals surface area contributed by atoms with Gasteiger partial charge < -0.3 is 10.4 Å². The van der Waals surface area contributed by atoms with Crippen LogP contribution in [0.4, 0.5) is 0 Å². The highest BCUT2D eigenvalue weighted by molar-refractivity contribution is 9.10. The number of rotatable bonds is 5.